The molecule has 3 aromatic rings. The fourth-order valence-corrected chi connectivity index (χ4v) is 3.16. The average Bonchev–Trinajstić information content (AvgIpc) is 2.97. The van der Waals surface area contributed by atoms with Gasteiger partial charge in [0.2, 0.25) is 11.7 Å². The second-order valence-electron chi connectivity index (χ2n) is 6.06. The molecule has 1 amide bonds. The predicted octanol–water partition coefficient (Wildman–Crippen LogP) is 2.58. The first-order valence-corrected chi connectivity index (χ1v) is 8.90. The van der Waals surface area contributed by atoms with E-state index in [1.54, 1.807) is 4.40 Å². The molecule has 0 spiro atoms. The van der Waals surface area contributed by atoms with Crippen LogP contribution in [-0.4, -0.2) is 31.2 Å². The molecule has 1 aromatic carbocycles. The number of carbonyl (C=O) groups is 1. The lowest BCUT2D eigenvalue weighted by atomic mass is 10.1. The van der Waals surface area contributed by atoms with Gasteiger partial charge in [-0.3, -0.25) is 19.0 Å². The summed E-state index contributed by atoms with van der Waals surface area (Å²) >= 11 is 1.28. The second-order valence-corrected chi connectivity index (χ2v) is 7.00. The fraction of sp³-hybridized carbons (Fsp3) is 0.294. The van der Waals surface area contributed by atoms with Gasteiger partial charge in [-0.25, -0.2) is 0 Å². The molecule has 25 heavy (non-hydrogen) atoms. The Morgan fingerprint density at radius 1 is 1.28 bits per heavy atom. The van der Waals surface area contributed by atoms with E-state index in [4.69, 9.17) is 0 Å². The van der Waals surface area contributed by atoms with E-state index in [2.05, 4.69) is 20.5 Å². The highest BCUT2D eigenvalue weighted by atomic mass is 32.2. The minimum Gasteiger partial charge on any atom is -0.325 e. The van der Waals surface area contributed by atoms with Crippen molar-refractivity contribution in [1.29, 1.82) is 0 Å². The summed E-state index contributed by atoms with van der Waals surface area (Å²) < 4.78 is 1.79. The van der Waals surface area contributed by atoms with Crippen LogP contribution in [0.3, 0.4) is 0 Å². The van der Waals surface area contributed by atoms with E-state index in [1.807, 2.05) is 45.0 Å². The van der Waals surface area contributed by atoms with Crippen LogP contribution in [0, 0.1) is 6.92 Å². The standard InChI is InChI=1S/C17H19N5O2S/c1-10(2)13-8-14(23)19-16-20-21-17(22(13)16)25-9-15(24)18-12-6-4-11(3)5-7-12/h4-8,10H,9H2,1-3H3,(H,18,24)(H,19,20,23). The summed E-state index contributed by atoms with van der Waals surface area (Å²) in [4.78, 5) is 26.5. The van der Waals surface area contributed by atoms with Crippen molar-refractivity contribution in [2.75, 3.05) is 11.1 Å². The summed E-state index contributed by atoms with van der Waals surface area (Å²) in [6, 6.07) is 9.16. The summed E-state index contributed by atoms with van der Waals surface area (Å²) in [5.74, 6) is 0.589. The number of hydrogen-bond donors (Lipinski definition) is 2. The van der Waals surface area contributed by atoms with Crippen molar-refractivity contribution in [1.82, 2.24) is 19.6 Å². The zero-order valence-electron chi connectivity index (χ0n) is 14.2. The van der Waals surface area contributed by atoms with Gasteiger partial charge in [0.25, 0.3) is 5.56 Å². The Balaban J connectivity index is 1.76. The Labute approximate surface area is 148 Å². The maximum Gasteiger partial charge on any atom is 0.252 e. The van der Waals surface area contributed by atoms with Crippen LogP contribution in [0.15, 0.2) is 40.3 Å². The lowest BCUT2D eigenvalue weighted by Crippen LogP contribution is -2.15. The van der Waals surface area contributed by atoms with Gasteiger partial charge < -0.3 is 5.32 Å². The molecule has 3 rings (SSSR count). The lowest BCUT2D eigenvalue weighted by Gasteiger charge is -2.10. The number of aromatic nitrogens is 4. The van der Waals surface area contributed by atoms with Crippen LogP contribution in [0.2, 0.25) is 0 Å². The minimum atomic E-state index is -0.211. The van der Waals surface area contributed by atoms with E-state index in [-0.39, 0.29) is 23.1 Å². The third-order valence-corrected chi connectivity index (χ3v) is 4.59. The maximum absolute atomic E-state index is 12.2. The molecule has 2 heterocycles. The van der Waals surface area contributed by atoms with Crippen LogP contribution in [0.5, 0.6) is 0 Å². The number of carbonyl (C=O) groups excluding carboxylic acids is 1. The Morgan fingerprint density at radius 3 is 2.68 bits per heavy atom. The van der Waals surface area contributed by atoms with E-state index >= 15 is 0 Å². The number of rotatable bonds is 5. The van der Waals surface area contributed by atoms with E-state index < -0.39 is 0 Å². The first-order chi connectivity index (χ1) is 11.9. The molecule has 8 heteroatoms. The molecular weight excluding hydrogens is 338 g/mol. The Morgan fingerprint density at radius 2 is 2.00 bits per heavy atom. The molecule has 2 aromatic heterocycles. The van der Waals surface area contributed by atoms with Crippen LogP contribution in [0.4, 0.5) is 5.69 Å². The van der Waals surface area contributed by atoms with Gasteiger partial charge in [0.05, 0.1) is 5.75 Å². The summed E-state index contributed by atoms with van der Waals surface area (Å²) in [5, 5.41) is 11.5. The number of nitrogens with zero attached hydrogens (tertiary/aromatic N) is 3. The van der Waals surface area contributed by atoms with Crippen LogP contribution in [-0.2, 0) is 4.79 Å². The number of benzene rings is 1. The van der Waals surface area contributed by atoms with E-state index in [0.717, 1.165) is 16.9 Å². The Bertz CT molecular complexity index is 959. The van der Waals surface area contributed by atoms with Crippen molar-refractivity contribution >= 4 is 29.1 Å². The molecule has 0 unspecified atom stereocenters. The lowest BCUT2D eigenvalue weighted by molar-refractivity contribution is -0.113. The van der Waals surface area contributed by atoms with Gasteiger partial charge in [-0.2, -0.15) is 0 Å². The molecule has 0 aliphatic rings. The number of anilines is 1. The molecule has 0 saturated carbocycles. The van der Waals surface area contributed by atoms with Crippen LogP contribution < -0.4 is 10.9 Å². The van der Waals surface area contributed by atoms with Crippen LogP contribution in [0.25, 0.3) is 5.78 Å². The first kappa shape index (κ1) is 17.2. The highest BCUT2D eigenvalue weighted by Gasteiger charge is 2.15. The van der Waals surface area contributed by atoms with Gasteiger partial charge >= 0.3 is 0 Å². The molecule has 0 aliphatic heterocycles. The molecular formula is C17H19N5O2S. The number of fused-ring (bicyclic) bond motifs is 1. The van der Waals surface area contributed by atoms with Crippen molar-refractivity contribution in [3.63, 3.8) is 0 Å². The van der Waals surface area contributed by atoms with E-state index in [1.165, 1.54) is 17.8 Å². The van der Waals surface area contributed by atoms with Gasteiger partial charge in [0.1, 0.15) is 0 Å². The zero-order chi connectivity index (χ0) is 18.0. The fourth-order valence-electron chi connectivity index (χ4n) is 2.41. The molecule has 0 aliphatic carbocycles. The first-order valence-electron chi connectivity index (χ1n) is 7.91. The van der Waals surface area contributed by atoms with Crippen molar-refractivity contribution in [3.8, 4) is 0 Å². The number of aromatic amines is 1. The normalized spacial score (nSPS) is 11.2. The third-order valence-electron chi connectivity index (χ3n) is 3.66. The molecule has 0 atom stereocenters. The monoisotopic (exact) mass is 357 g/mol. The molecule has 0 saturated heterocycles. The van der Waals surface area contributed by atoms with Gasteiger partial charge in [0, 0.05) is 17.4 Å². The largest absolute Gasteiger partial charge is 0.325 e. The van der Waals surface area contributed by atoms with Crippen molar-refractivity contribution in [2.24, 2.45) is 0 Å². The molecule has 0 bridgehead atoms. The van der Waals surface area contributed by atoms with E-state index in [0.29, 0.717) is 10.9 Å². The molecule has 7 nitrogen and oxygen atoms in total. The zero-order valence-corrected chi connectivity index (χ0v) is 15.1. The molecule has 0 radical (unpaired) electrons. The number of hydrogen-bond acceptors (Lipinski definition) is 5. The third kappa shape index (κ3) is 3.90. The van der Waals surface area contributed by atoms with Crippen LogP contribution >= 0.6 is 11.8 Å². The Hall–Kier alpha value is -2.61. The topological polar surface area (TPSA) is 92.2 Å². The van der Waals surface area contributed by atoms with Gasteiger partial charge in [-0.05, 0) is 25.0 Å². The summed E-state index contributed by atoms with van der Waals surface area (Å²) in [7, 11) is 0. The number of thioether (sulfide) groups is 1. The summed E-state index contributed by atoms with van der Waals surface area (Å²) in [6.45, 7) is 5.98. The van der Waals surface area contributed by atoms with Gasteiger partial charge in [-0.15, -0.1) is 10.2 Å². The minimum absolute atomic E-state index is 0.124. The van der Waals surface area contributed by atoms with Crippen LogP contribution in [0.1, 0.15) is 31.0 Å². The Kier molecular flexibility index (Phi) is 4.89. The highest BCUT2D eigenvalue weighted by molar-refractivity contribution is 7.99. The maximum atomic E-state index is 12.2. The van der Waals surface area contributed by atoms with E-state index in [9.17, 15) is 9.59 Å². The number of H-pyrrole nitrogens is 1. The second kappa shape index (κ2) is 7.10. The van der Waals surface area contributed by atoms with Gasteiger partial charge in [0.15, 0.2) is 5.16 Å². The molecule has 0 fully saturated rings. The van der Waals surface area contributed by atoms with Crippen molar-refractivity contribution in [2.45, 2.75) is 31.8 Å². The smallest absolute Gasteiger partial charge is 0.252 e. The summed E-state index contributed by atoms with van der Waals surface area (Å²) in [6.07, 6.45) is 0. The highest BCUT2D eigenvalue weighted by Crippen LogP contribution is 2.21. The number of nitrogens with one attached hydrogen (secondary N) is 2. The number of aryl methyl sites for hydroxylation is 1. The van der Waals surface area contributed by atoms with Gasteiger partial charge in [-0.1, -0.05) is 43.3 Å². The average molecular weight is 357 g/mol. The molecule has 130 valence electrons. The predicted molar refractivity (Wildman–Crippen MR) is 98.2 cm³/mol. The SMILES string of the molecule is Cc1ccc(NC(=O)CSc2nnc3[nH]c(=O)cc(C(C)C)n23)cc1. The molecule has 2 N–H and O–H groups in total. The summed E-state index contributed by atoms with van der Waals surface area (Å²) in [5.41, 5.74) is 2.49. The van der Waals surface area contributed by atoms with Crippen molar-refractivity contribution < 1.29 is 4.79 Å². The quantitative estimate of drug-likeness (QED) is 0.685. The number of amides is 1. The van der Waals surface area contributed by atoms with Crippen molar-refractivity contribution in [3.05, 3.63) is 51.9 Å².